The van der Waals surface area contributed by atoms with E-state index in [4.69, 9.17) is 0 Å². The molecule has 0 fully saturated rings. The number of aromatic amines is 1. The third-order valence-corrected chi connectivity index (χ3v) is 6.00. The van der Waals surface area contributed by atoms with Gasteiger partial charge in [-0.3, -0.25) is 9.59 Å². The van der Waals surface area contributed by atoms with Crippen LogP contribution in [0.4, 0.5) is 11.4 Å². The minimum absolute atomic E-state index is 0.0462. The normalized spacial score (nSPS) is 16.0. The maximum Gasteiger partial charge on any atom is 0.237 e. The summed E-state index contributed by atoms with van der Waals surface area (Å²) in [6, 6.07) is 17.4. The molecule has 0 saturated heterocycles. The number of benzene rings is 2. The molecular weight excluding hydrogens is 396 g/mol. The number of nitrogens with zero attached hydrogens (tertiary/aromatic N) is 2. The van der Waals surface area contributed by atoms with Crippen molar-refractivity contribution in [1.29, 1.82) is 0 Å². The van der Waals surface area contributed by atoms with Gasteiger partial charge in [0.05, 0.1) is 22.8 Å². The fraction of sp³-hybridized carbons (Fsp3) is 0.261. The smallest absolute Gasteiger partial charge is 0.237 e. The fourth-order valence-corrected chi connectivity index (χ4v) is 4.46. The first-order chi connectivity index (χ1) is 14.5. The molecule has 0 radical (unpaired) electrons. The summed E-state index contributed by atoms with van der Waals surface area (Å²) in [7, 11) is 0. The number of imidazole rings is 1. The van der Waals surface area contributed by atoms with Gasteiger partial charge in [0.2, 0.25) is 11.8 Å². The number of para-hydroxylation sites is 2. The second-order valence-electron chi connectivity index (χ2n) is 7.45. The third kappa shape index (κ3) is 4.41. The lowest BCUT2D eigenvalue weighted by Gasteiger charge is -2.27. The summed E-state index contributed by atoms with van der Waals surface area (Å²) in [6.07, 6.45) is 1.02. The molecule has 7 heteroatoms. The summed E-state index contributed by atoms with van der Waals surface area (Å²) in [5, 5.41) is 3.62. The second kappa shape index (κ2) is 8.75. The van der Waals surface area contributed by atoms with Gasteiger partial charge < -0.3 is 15.2 Å². The van der Waals surface area contributed by atoms with Crippen molar-refractivity contribution in [1.82, 2.24) is 9.97 Å². The van der Waals surface area contributed by atoms with Gasteiger partial charge in [-0.2, -0.15) is 0 Å². The highest BCUT2D eigenvalue weighted by molar-refractivity contribution is 7.99. The van der Waals surface area contributed by atoms with Crippen LogP contribution in [0.3, 0.4) is 0 Å². The van der Waals surface area contributed by atoms with E-state index in [9.17, 15) is 9.59 Å². The number of aryl methyl sites for hydroxylation is 1. The Kier molecular flexibility index (Phi) is 5.90. The Labute approximate surface area is 180 Å². The number of nitrogens with one attached hydrogen (secondary N) is 2. The van der Waals surface area contributed by atoms with Gasteiger partial charge in [-0.1, -0.05) is 54.2 Å². The van der Waals surface area contributed by atoms with Gasteiger partial charge in [0, 0.05) is 24.6 Å². The van der Waals surface area contributed by atoms with Crippen LogP contribution >= 0.6 is 11.8 Å². The predicted molar refractivity (Wildman–Crippen MR) is 120 cm³/mol. The van der Waals surface area contributed by atoms with Gasteiger partial charge in [-0.05, 0) is 31.5 Å². The third-order valence-electron chi connectivity index (χ3n) is 5.14. The van der Waals surface area contributed by atoms with Crippen LogP contribution in [-0.2, 0) is 16.0 Å². The topological polar surface area (TPSA) is 78.1 Å². The Morgan fingerprint density at radius 1 is 1.17 bits per heavy atom. The zero-order valence-corrected chi connectivity index (χ0v) is 17.8. The first kappa shape index (κ1) is 20.2. The van der Waals surface area contributed by atoms with Crippen molar-refractivity contribution in [3.05, 3.63) is 71.5 Å². The summed E-state index contributed by atoms with van der Waals surface area (Å²) in [4.78, 5) is 34.9. The molecule has 2 N–H and O–H groups in total. The fourth-order valence-electron chi connectivity index (χ4n) is 3.66. The molecule has 2 aromatic carbocycles. The molecule has 154 valence electrons. The average Bonchev–Trinajstić information content (AvgIpc) is 3.01. The maximum atomic E-state index is 13.1. The van der Waals surface area contributed by atoms with E-state index in [1.165, 1.54) is 17.3 Å². The Morgan fingerprint density at radius 2 is 1.90 bits per heavy atom. The van der Waals surface area contributed by atoms with E-state index in [1.807, 2.05) is 56.3 Å². The van der Waals surface area contributed by atoms with Crippen LogP contribution in [0.5, 0.6) is 0 Å². The van der Waals surface area contributed by atoms with E-state index in [0.29, 0.717) is 5.69 Å². The van der Waals surface area contributed by atoms with E-state index in [-0.39, 0.29) is 30.0 Å². The van der Waals surface area contributed by atoms with Crippen molar-refractivity contribution < 1.29 is 9.59 Å². The molecule has 0 aliphatic carbocycles. The van der Waals surface area contributed by atoms with Gasteiger partial charge in [0.25, 0.3) is 0 Å². The molecule has 4 rings (SSSR count). The molecule has 1 aliphatic rings. The largest absolute Gasteiger partial charge is 0.337 e. The Hall–Kier alpha value is -3.06. The molecule has 0 unspecified atom stereocenters. The number of aromatic nitrogens is 2. The number of thioether (sulfide) groups is 1. The van der Waals surface area contributed by atoms with Crippen molar-refractivity contribution >= 4 is 35.0 Å². The molecule has 2 heterocycles. The SMILES string of the molecule is Cc1[nH]c(SCC(=O)N2c3ccccc3NC(=O)C[C@H]2C)nc1Cc1ccccc1. The minimum atomic E-state index is -0.214. The van der Waals surface area contributed by atoms with Crippen molar-refractivity contribution in [2.45, 2.75) is 37.9 Å². The number of amides is 2. The molecular formula is C23H24N4O2S. The zero-order valence-electron chi connectivity index (χ0n) is 17.0. The molecule has 1 aromatic heterocycles. The van der Waals surface area contributed by atoms with Crippen LogP contribution < -0.4 is 10.2 Å². The number of carbonyl (C=O) groups excluding carboxylic acids is 2. The van der Waals surface area contributed by atoms with E-state index in [0.717, 1.165) is 28.7 Å². The molecule has 30 heavy (non-hydrogen) atoms. The summed E-state index contributed by atoms with van der Waals surface area (Å²) in [6.45, 7) is 3.90. The molecule has 0 spiro atoms. The Morgan fingerprint density at radius 3 is 2.70 bits per heavy atom. The number of anilines is 2. The summed E-state index contributed by atoms with van der Waals surface area (Å²) in [5.74, 6) is 0.116. The number of fused-ring (bicyclic) bond motifs is 1. The van der Waals surface area contributed by atoms with E-state index in [2.05, 4.69) is 27.4 Å². The highest BCUT2D eigenvalue weighted by Crippen LogP contribution is 2.32. The molecule has 3 aromatic rings. The minimum Gasteiger partial charge on any atom is -0.337 e. The number of hydrogen-bond acceptors (Lipinski definition) is 4. The number of hydrogen-bond donors (Lipinski definition) is 2. The van der Waals surface area contributed by atoms with Gasteiger partial charge in [-0.25, -0.2) is 4.98 Å². The first-order valence-electron chi connectivity index (χ1n) is 9.94. The van der Waals surface area contributed by atoms with Crippen LogP contribution in [0.15, 0.2) is 59.8 Å². The molecule has 6 nitrogen and oxygen atoms in total. The van der Waals surface area contributed by atoms with Crippen molar-refractivity contribution in [2.75, 3.05) is 16.0 Å². The Bertz CT molecular complexity index is 1060. The first-order valence-corrected chi connectivity index (χ1v) is 10.9. The quantitative estimate of drug-likeness (QED) is 0.608. The molecule has 1 atom stereocenters. The van der Waals surface area contributed by atoms with E-state index < -0.39 is 0 Å². The van der Waals surface area contributed by atoms with Crippen LogP contribution in [0, 0.1) is 6.92 Å². The van der Waals surface area contributed by atoms with Crippen molar-refractivity contribution in [3.63, 3.8) is 0 Å². The average molecular weight is 421 g/mol. The van der Waals surface area contributed by atoms with Crippen LogP contribution in [0.2, 0.25) is 0 Å². The lowest BCUT2D eigenvalue weighted by molar-refractivity contribution is -0.117. The van der Waals surface area contributed by atoms with Gasteiger partial charge in [-0.15, -0.1) is 0 Å². The monoisotopic (exact) mass is 420 g/mol. The predicted octanol–water partition coefficient (Wildman–Crippen LogP) is 4.16. The number of H-pyrrole nitrogens is 1. The molecule has 2 amide bonds. The number of carbonyl (C=O) groups is 2. The lowest BCUT2D eigenvalue weighted by atomic mass is 10.1. The Balaban J connectivity index is 1.47. The van der Waals surface area contributed by atoms with Crippen molar-refractivity contribution in [2.24, 2.45) is 0 Å². The number of rotatable bonds is 5. The summed E-state index contributed by atoms with van der Waals surface area (Å²) >= 11 is 1.39. The highest BCUT2D eigenvalue weighted by Gasteiger charge is 2.29. The standard InChI is InChI=1S/C23H24N4O2S/c1-15-12-21(28)25-18-10-6-7-11-20(18)27(15)22(29)14-30-23-24-16(2)19(26-23)13-17-8-4-3-5-9-17/h3-11,15H,12-14H2,1-2H3,(H,24,26)(H,25,28)/t15-/m1/s1. The zero-order chi connectivity index (χ0) is 21.1. The van der Waals surface area contributed by atoms with Crippen LogP contribution in [0.1, 0.15) is 30.3 Å². The van der Waals surface area contributed by atoms with Gasteiger partial charge >= 0.3 is 0 Å². The van der Waals surface area contributed by atoms with Gasteiger partial charge in [0.15, 0.2) is 5.16 Å². The van der Waals surface area contributed by atoms with Crippen molar-refractivity contribution in [3.8, 4) is 0 Å². The summed E-state index contributed by atoms with van der Waals surface area (Å²) < 4.78 is 0. The molecule has 0 saturated carbocycles. The van der Waals surface area contributed by atoms with E-state index >= 15 is 0 Å². The summed E-state index contributed by atoms with van der Waals surface area (Å²) in [5.41, 5.74) is 4.61. The lowest BCUT2D eigenvalue weighted by Crippen LogP contribution is -2.40. The van der Waals surface area contributed by atoms with Gasteiger partial charge in [0.1, 0.15) is 0 Å². The van der Waals surface area contributed by atoms with Crippen LogP contribution in [0.25, 0.3) is 0 Å². The van der Waals surface area contributed by atoms with Crippen LogP contribution in [-0.4, -0.2) is 33.6 Å². The maximum absolute atomic E-state index is 13.1. The molecule has 1 aliphatic heterocycles. The van der Waals surface area contributed by atoms with E-state index in [1.54, 1.807) is 4.90 Å². The highest BCUT2D eigenvalue weighted by atomic mass is 32.2. The molecule has 0 bridgehead atoms. The second-order valence-corrected chi connectivity index (χ2v) is 8.41.